The molecule has 0 amide bonds. The van der Waals surface area contributed by atoms with Crippen LogP contribution in [0, 0.1) is 5.92 Å². The summed E-state index contributed by atoms with van der Waals surface area (Å²) >= 11 is 0. The Morgan fingerprint density at radius 1 is 1.30 bits per heavy atom. The van der Waals surface area contributed by atoms with Crippen molar-refractivity contribution in [2.45, 2.75) is 70.1 Å². The molecule has 2 N–H and O–H groups in total. The van der Waals surface area contributed by atoms with Gasteiger partial charge in [-0.2, -0.15) is 0 Å². The molecule has 0 radical (unpaired) electrons. The fraction of sp³-hybridized carbons (Fsp3) is 1.00. The topological polar surface area (TPSA) is 50.7 Å². The van der Waals surface area contributed by atoms with Gasteiger partial charge in [0.25, 0.3) is 0 Å². The molecular formula is C16H31NO3. The Hall–Kier alpha value is -0.160. The fourth-order valence-electron chi connectivity index (χ4n) is 3.32. The molecule has 2 rings (SSSR count). The minimum atomic E-state index is -0.404. The van der Waals surface area contributed by atoms with Gasteiger partial charge in [0.2, 0.25) is 0 Å². The Bertz CT molecular complexity index is 256. The van der Waals surface area contributed by atoms with E-state index in [9.17, 15) is 5.11 Å². The number of aliphatic hydroxyl groups excluding tert-OH is 1. The Kier molecular flexibility index (Phi) is 7.28. The predicted molar refractivity (Wildman–Crippen MR) is 79.8 cm³/mol. The second-order valence-electron chi connectivity index (χ2n) is 6.37. The SMILES string of the molecule is CCC1CCCC(NCC(O)COCC2CCCO2)C1. The highest BCUT2D eigenvalue weighted by molar-refractivity contribution is 4.78. The van der Waals surface area contributed by atoms with Crippen molar-refractivity contribution in [2.75, 3.05) is 26.4 Å². The average molecular weight is 285 g/mol. The molecule has 0 spiro atoms. The molecule has 2 fully saturated rings. The summed E-state index contributed by atoms with van der Waals surface area (Å²) in [4.78, 5) is 0. The summed E-state index contributed by atoms with van der Waals surface area (Å²) in [6.07, 6.45) is 8.57. The minimum Gasteiger partial charge on any atom is -0.389 e. The summed E-state index contributed by atoms with van der Waals surface area (Å²) in [6, 6.07) is 0.585. The lowest BCUT2D eigenvalue weighted by Gasteiger charge is -2.30. The molecule has 1 aliphatic carbocycles. The second kappa shape index (κ2) is 8.98. The first kappa shape index (κ1) is 16.2. The third-order valence-corrected chi connectivity index (χ3v) is 4.64. The monoisotopic (exact) mass is 285 g/mol. The quantitative estimate of drug-likeness (QED) is 0.717. The van der Waals surface area contributed by atoms with Crippen LogP contribution in [0.2, 0.25) is 0 Å². The van der Waals surface area contributed by atoms with Gasteiger partial charge in [0.15, 0.2) is 0 Å². The molecule has 1 saturated heterocycles. The van der Waals surface area contributed by atoms with E-state index in [0.717, 1.165) is 25.4 Å². The van der Waals surface area contributed by atoms with E-state index in [-0.39, 0.29) is 6.10 Å². The lowest BCUT2D eigenvalue weighted by atomic mass is 9.84. The highest BCUT2D eigenvalue weighted by atomic mass is 16.5. The lowest BCUT2D eigenvalue weighted by molar-refractivity contribution is -0.0173. The third kappa shape index (κ3) is 5.68. The molecule has 1 saturated carbocycles. The molecule has 4 unspecified atom stereocenters. The Balaban J connectivity index is 1.51. The van der Waals surface area contributed by atoms with Crippen LogP contribution < -0.4 is 5.32 Å². The fourth-order valence-corrected chi connectivity index (χ4v) is 3.32. The van der Waals surface area contributed by atoms with Crippen molar-refractivity contribution in [1.82, 2.24) is 5.32 Å². The van der Waals surface area contributed by atoms with Gasteiger partial charge in [-0.25, -0.2) is 0 Å². The van der Waals surface area contributed by atoms with Crippen molar-refractivity contribution >= 4 is 0 Å². The van der Waals surface area contributed by atoms with E-state index in [1.807, 2.05) is 0 Å². The van der Waals surface area contributed by atoms with E-state index >= 15 is 0 Å². The normalized spacial score (nSPS) is 32.4. The summed E-state index contributed by atoms with van der Waals surface area (Å²) < 4.78 is 11.0. The molecule has 0 aromatic carbocycles. The zero-order chi connectivity index (χ0) is 14.2. The Morgan fingerprint density at radius 2 is 2.20 bits per heavy atom. The molecule has 2 aliphatic rings. The molecular weight excluding hydrogens is 254 g/mol. The number of hydrogen-bond acceptors (Lipinski definition) is 4. The van der Waals surface area contributed by atoms with E-state index < -0.39 is 6.10 Å². The van der Waals surface area contributed by atoms with Crippen molar-refractivity contribution < 1.29 is 14.6 Å². The van der Waals surface area contributed by atoms with Gasteiger partial charge >= 0.3 is 0 Å². The molecule has 0 bridgehead atoms. The van der Waals surface area contributed by atoms with E-state index in [0.29, 0.717) is 25.8 Å². The highest BCUT2D eigenvalue weighted by Gasteiger charge is 2.21. The van der Waals surface area contributed by atoms with Gasteiger partial charge < -0.3 is 19.9 Å². The maximum Gasteiger partial charge on any atom is 0.0897 e. The first-order valence-electron chi connectivity index (χ1n) is 8.38. The van der Waals surface area contributed by atoms with Gasteiger partial charge in [0.05, 0.1) is 25.4 Å². The van der Waals surface area contributed by atoms with E-state index in [1.165, 1.54) is 32.1 Å². The Morgan fingerprint density at radius 3 is 2.95 bits per heavy atom. The largest absolute Gasteiger partial charge is 0.389 e. The number of aliphatic hydroxyl groups is 1. The van der Waals surface area contributed by atoms with E-state index in [4.69, 9.17) is 9.47 Å². The predicted octanol–water partition coefficient (Wildman–Crippen LogP) is 2.10. The van der Waals surface area contributed by atoms with E-state index in [2.05, 4.69) is 12.2 Å². The van der Waals surface area contributed by atoms with Gasteiger partial charge in [0.1, 0.15) is 0 Å². The Labute approximate surface area is 123 Å². The number of rotatable bonds is 8. The number of nitrogens with one attached hydrogen (secondary N) is 1. The molecule has 20 heavy (non-hydrogen) atoms. The first-order chi connectivity index (χ1) is 9.78. The zero-order valence-electron chi connectivity index (χ0n) is 12.9. The van der Waals surface area contributed by atoms with Crippen LogP contribution in [0.3, 0.4) is 0 Å². The molecule has 4 nitrogen and oxygen atoms in total. The van der Waals surface area contributed by atoms with Gasteiger partial charge in [-0.1, -0.05) is 26.2 Å². The minimum absolute atomic E-state index is 0.249. The van der Waals surface area contributed by atoms with Gasteiger partial charge in [-0.15, -0.1) is 0 Å². The number of ether oxygens (including phenoxy) is 2. The maximum absolute atomic E-state index is 9.95. The van der Waals surface area contributed by atoms with Crippen LogP contribution in [0.25, 0.3) is 0 Å². The smallest absolute Gasteiger partial charge is 0.0897 e. The summed E-state index contributed by atoms with van der Waals surface area (Å²) in [6.45, 7) is 4.82. The van der Waals surface area contributed by atoms with Crippen LogP contribution in [0.1, 0.15) is 51.9 Å². The highest BCUT2D eigenvalue weighted by Crippen LogP contribution is 2.26. The van der Waals surface area contributed by atoms with E-state index in [1.54, 1.807) is 0 Å². The van der Waals surface area contributed by atoms with Crippen molar-refractivity contribution in [2.24, 2.45) is 5.92 Å². The first-order valence-corrected chi connectivity index (χ1v) is 8.38. The zero-order valence-corrected chi connectivity index (χ0v) is 12.9. The summed E-state index contributed by atoms with van der Waals surface area (Å²) in [5.41, 5.74) is 0. The summed E-state index contributed by atoms with van der Waals surface area (Å²) in [7, 11) is 0. The van der Waals surface area contributed by atoms with Crippen molar-refractivity contribution in [3.05, 3.63) is 0 Å². The molecule has 1 aliphatic heterocycles. The molecule has 1 heterocycles. The molecule has 0 aromatic rings. The molecule has 118 valence electrons. The average Bonchev–Trinajstić information content (AvgIpc) is 2.98. The number of hydrogen-bond donors (Lipinski definition) is 2. The van der Waals surface area contributed by atoms with Crippen LogP contribution >= 0.6 is 0 Å². The van der Waals surface area contributed by atoms with Crippen molar-refractivity contribution in [3.8, 4) is 0 Å². The maximum atomic E-state index is 9.95. The van der Waals surface area contributed by atoms with Crippen molar-refractivity contribution in [1.29, 1.82) is 0 Å². The molecule has 4 atom stereocenters. The van der Waals surface area contributed by atoms with Gasteiger partial charge in [-0.05, 0) is 31.6 Å². The van der Waals surface area contributed by atoms with Crippen LogP contribution in [0.15, 0.2) is 0 Å². The van der Waals surface area contributed by atoms with Gasteiger partial charge in [0, 0.05) is 19.2 Å². The van der Waals surface area contributed by atoms with Gasteiger partial charge in [-0.3, -0.25) is 0 Å². The lowest BCUT2D eigenvalue weighted by Crippen LogP contribution is -2.40. The third-order valence-electron chi connectivity index (χ3n) is 4.64. The molecule has 4 heteroatoms. The standard InChI is InChI=1S/C16H31NO3/c1-2-13-5-3-6-14(9-13)17-10-15(18)11-19-12-16-7-4-8-20-16/h13-18H,2-12H2,1H3. The van der Waals surface area contributed by atoms with Crippen molar-refractivity contribution in [3.63, 3.8) is 0 Å². The summed E-state index contributed by atoms with van der Waals surface area (Å²) in [5.74, 6) is 0.870. The summed E-state index contributed by atoms with van der Waals surface area (Å²) in [5, 5.41) is 13.5. The van der Waals surface area contributed by atoms with Crippen LogP contribution in [-0.4, -0.2) is 49.7 Å². The second-order valence-corrected chi connectivity index (χ2v) is 6.37. The van der Waals surface area contributed by atoms with Crippen LogP contribution in [-0.2, 0) is 9.47 Å². The van der Waals surface area contributed by atoms with Crippen LogP contribution in [0.4, 0.5) is 0 Å². The van der Waals surface area contributed by atoms with Crippen LogP contribution in [0.5, 0.6) is 0 Å². The molecule has 0 aromatic heterocycles.